The number of carbonyl (C=O) groups is 2. The molecule has 0 spiro atoms. The van der Waals surface area contributed by atoms with Gasteiger partial charge in [0.1, 0.15) is 17.2 Å². The van der Waals surface area contributed by atoms with Gasteiger partial charge in [0.15, 0.2) is 0 Å². The van der Waals surface area contributed by atoms with E-state index in [4.69, 9.17) is 9.47 Å². The quantitative estimate of drug-likeness (QED) is 0.576. The summed E-state index contributed by atoms with van der Waals surface area (Å²) in [6, 6.07) is 20.1. The maximum Gasteiger partial charge on any atom is 0.282 e. The number of nitrogens with one attached hydrogen (secondary N) is 1. The average molecular weight is 428 g/mol. The van der Waals surface area contributed by atoms with Gasteiger partial charge in [-0.2, -0.15) is 0 Å². The molecular formula is C26H24N2O4. The summed E-state index contributed by atoms with van der Waals surface area (Å²) in [6.07, 6.45) is 0. The van der Waals surface area contributed by atoms with Crippen LogP contribution in [-0.4, -0.2) is 26.0 Å². The third-order valence-corrected chi connectivity index (χ3v) is 5.29. The van der Waals surface area contributed by atoms with Crippen molar-refractivity contribution in [2.45, 2.75) is 13.8 Å². The minimum Gasteiger partial charge on any atom is -0.496 e. The van der Waals surface area contributed by atoms with Gasteiger partial charge in [0, 0.05) is 5.56 Å². The zero-order chi connectivity index (χ0) is 22.8. The van der Waals surface area contributed by atoms with Crippen molar-refractivity contribution in [3.8, 4) is 11.5 Å². The van der Waals surface area contributed by atoms with Crippen molar-refractivity contribution in [3.63, 3.8) is 0 Å². The van der Waals surface area contributed by atoms with Gasteiger partial charge in [0.25, 0.3) is 11.8 Å². The highest BCUT2D eigenvalue weighted by molar-refractivity contribution is 6.46. The number of hydrogen-bond acceptors (Lipinski definition) is 5. The lowest BCUT2D eigenvalue weighted by molar-refractivity contribution is -0.120. The minimum atomic E-state index is -0.438. The van der Waals surface area contributed by atoms with Gasteiger partial charge in [-0.1, -0.05) is 36.4 Å². The van der Waals surface area contributed by atoms with Crippen molar-refractivity contribution in [3.05, 3.63) is 89.1 Å². The van der Waals surface area contributed by atoms with Gasteiger partial charge in [-0.15, -0.1) is 0 Å². The Morgan fingerprint density at radius 2 is 1.34 bits per heavy atom. The summed E-state index contributed by atoms with van der Waals surface area (Å²) in [5, 5.41) is 3.16. The summed E-state index contributed by atoms with van der Waals surface area (Å²) < 4.78 is 10.9. The van der Waals surface area contributed by atoms with E-state index in [1.807, 2.05) is 56.3 Å². The van der Waals surface area contributed by atoms with E-state index in [0.717, 1.165) is 11.1 Å². The third-order valence-electron chi connectivity index (χ3n) is 5.29. The first-order chi connectivity index (χ1) is 15.4. The van der Waals surface area contributed by atoms with Crippen LogP contribution in [0.3, 0.4) is 0 Å². The van der Waals surface area contributed by atoms with Crippen LogP contribution < -0.4 is 19.7 Å². The zero-order valence-corrected chi connectivity index (χ0v) is 18.4. The van der Waals surface area contributed by atoms with Crippen LogP contribution in [0.15, 0.2) is 72.4 Å². The molecule has 32 heavy (non-hydrogen) atoms. The summed E-state index contributed by atoms with van der Waals surface area (Å²) in [7, 11) is 3.09. The Morgan fingerprint density at radius 3 is 2.00 bits per heavy atom. The first kappa shape index (κ1) is 21.2. The van der Waals surface area contributed by atoms with E-state index < -0.39 is 11.8 Å². The number of nitrogens with zero attached hydrogens (tertiary/aromatic N) is 1. The molecule has 0 fully saturated rings. The van der Waals surface area contributed by atoms with E-state index in [9.17, 15) is 9.59 Å². The number of hydrogen-bond donors (Lipinski definition) is 1. The molecule has 0 radical (unpaired) electrons. The number of benzene rings is 3. The van der Waals surface area contributed by atoms with Gasteiger partial charge < -0.3 is 14.8 Å². The number of carbonyl (C=O) groups excluding carboxylic acids is 2. The summed E-state index contributed by atoms with van der Waals surface area (Å²) in [5.41, 5.74) is 4.00. The number of para-hydroxylation sites is 3. The van der Waals surface area contributed by atoms with Crippen molar-refractivity contribution >= 4 is 28.8 Å². The fourth-order valence-electron chi connectivity index (χ4n) is 3.94. The molecule has 4 rings (SSSR count). The van der Waals surface area contributed by atoms with Crippen LogP contribution in [0.1, 0.15) is 16.7 Å². The number of anilines is 2. The first-order valence-electron chi connectivity index (χ1n) is 10.2. The lowest BCUT2D eigenvalue weighted by Crippen LogP contribution is -2.32. The second kappa shape index (κ2) is 8.59. The van der Waals surface area contributed by atoms with Crippen molar-refractivity contribution in [1.29, 1.82) is 0 Å². The van der Waals surface area contributed by atoms with Crippen molar-refractivity contribution in [2.75, 3.05) is 24.4 Å². The summed E-state index contributed by atoms with van der Waals surface area (Å²) in [6.45, 7) is 3.87. The van der Waals surface area contributed by atoms with Gasteiger partial charge in [-0.25, -0.2) is 4.90 Å². The molecule has 0 aromatic heterocycles. The molecule has 1 aliphatic heterocycles. The Hall–Kier alpha value is -4.06. The number of aryl methyl sites for hydroxylation is 2. The van der Waals surface area contributed by atoms with Crippen LogP contribution in [0, 0.1) is 13.8 Å². The summed E-state index contributed by atoms with van der Waals surface area (Å²) >= 11 is 0. The maximum atomic E-state index is 13.7. The van der Waals surface area contributed by atoms with Crippen LogP contribution in [0.2, 0.25) is 0 Å². The van der Waals surface area contributed by atoms with Gasteiger partial charge in [-0.05, 0) is 55.3 Å². The topological polar surface area (TPSA) is 67.9 Å². The van der Waals surface area contributed by atoms with Gasteiger partial charge in [0.05, 0.1) is 31.2 Å². The monoisotopic (exact) mass is 428 g/mol. The van der Waals surface area contributed by atoms with Gasteiger partial charge in [0.2, 0.25) is 0 Å². The molecule has 0 unspecified atom stereocenters. The minimum absolute atomic E-state index is 0.170. The number of methoxy groups -OCH3 is 2. The smallest absolute Gasteiger partial charge is 0.282 e. The predicted molar refractivity (Wildman–Crippen MR) is 125 cm³/mol. The van der Waals surface area contributed by atoms with Gasteiger partial charge >= 0.3 is 0 Å². The second-order valence-corrected chi connectivity index (χ2v) is 7.57. The Morgan fingerprint density at radius 1 is 0.750 bits per heavy atom. The molecule has 1 aliphatic rings. The van der Waals surface area contributed by atoms with Crippen molar-refractivity contribution in [1.82, 2.24) is 0 Å². The Bertz CT molecular complexity index is 1230. The molecule has 0 saturated carbocycles. The fraction of sp³-hybridized carbons (Fsp3) is 0.154. The largest absolute Gasteiger partial charge is 0.496 e. The first-order valence-corrected chi connectivity index (χ1v) is 10.2. The van der Waals surface area contributed by atoms with E-state index >= 15 is 0 Å². The zero-order valence-electron chi connectivity index (χ0n) is 18.4. The van der Waals surface area contributed by atoms with Crippen molar-refractivity contribution < 1.29 is 19.1 Å². The maximum absolute atomic E-state index is 13.7. The lowest BCUT2D eigenvalue weighted by Gasteiger charge is -2.17. The standard InChI is InChI=1S/C26H24N2O4/c1-16-13-17(2)15-18(14-16)28-25(29)23(19-9-5-7-11-21(19)31-3)24(26(28)30)27-20-10-6-8-12-22(20)32-4/h5-15,27H,1-4H3. The lowest BCUT2D eigenvalue weighted by atomic mass is 10.0. The molecule has 0 saturated heterocycles. The predicted octanol–water partition coefficient (Wildman–Crippen LogP) is 4.72. The van der Waals surface area contributed by atoms with E-state index in [1.165, 1.54) is 12.0 Å². The fourth-order valence-corrected chi connectivity index (χ4v) is 3.94. The number of rotatable bonds is 6. The average Bonchev–Trinajstić information content (AvgIpc) is 3.02. The Labute approximate surface area is 187 Å². The van der Waals surface area contributed by atoms with E-state index in [1.54, 1.807) is 31.4 Å². The van der Waals surface area contributed by atoms with Crippen LogP contribution in [0.4, 0.5) is 11.4 Å². The normalized spacial score (nSPS) is 13.6. The van der Waals surface area contributed by atoms with Gasteiger partial charge in [-0.3, -0.25) is 9.59 Å². The molecule has 6 nitrogen and oxygen atoms in total. The van der Waals surface area contributed by atoms with Crippen molar-refractivity contribution in [2.24, 2.45) is 0 Å². The summed E-state index contributed by atoms with van der Waals surface area (Å²) in [4.78, 5) is 28.5. The molecule has 0 atom stereocenters. The second-order valence-electron chi connectivity index (χ2n) is 7.57. The van der Waals surface area contributed by atoms with Crippen LogP contribution >= 0.6 is 0 Å². The summed E-state index contributed by atoms with van der Waals surface area (Å²) in [5.74, 6) is 0.212. The SMILES string of the molecule is COc1ccccc1NC1=C(c2ccccc2OC)C(=O)N(c2cc(C)cc(C)c2)C1=O. The number of imide groups is 1. The van der Waals surface area contributed by atoms with E-state index in [2.05, 4.69) is 5.32 Å². The molecule has 2 amide bonds. The molecule has 0 bridgehead atoms. The van der Waals surface area contributed by atoms with Crippen LogP contribution in [0.25, 0.3) is 5.57 Å². The third kappa shape index (κ3) is 3.71. The van der Waals surface area contributed by atoms with E-state index in [-0.39, 0.29) is 11.3 Å². The highest BCUT2D eigenvalue weighted by Gasteiger charge is 2.41. The molecule has 0 aliphatic carbocycles. The molecule has 1 N–H and O–H groups in total. The number of amides is 2. The Kier molecular flexibility index (Phi) is 5.69. The highest BCUT2D eigenvalue weighted by atomic mass is 16.5. The number of ether oxygens (including phenoxy) is 2. The van der Waals surface area contributed by atoms with E-state index in [0.29, 0.717) is 28.4 Å². The molecule has 1 heterocycles. The highest BCUT2D eigenvalue weighted by Crippen LogP contribution is 2.38. The molecule has 3 aromatic carbocycles. The van der Waals surface area contributed by atoms with Crippen LogP contribution in [-0.2, 0) is 9.59 Å². The molecular weight excluding hydrogens is 404 g/mol. The molecule has 3 aromatic rings. The van der Waals surface area contributed by atoms with Crippen LogP contribution in [0.5, 0.6) is 11.5 Å². The molecule has 6 heteroatoms. The molecule has 162 valence electrons. The Balaban J connectivity index is 1.90.